The molecule has 0 radical (unpaired) electrons. The second-order valence-electron chi connectivity index (χ2n) is 5.06. The molecule has 4 aliphatic carbocycles. The van der Waals surface area contributed by atoms with E-state index in [4.69, 9.17) is 0 Å². The van der Waals surface area contributed by atoms with Crippen LogP contribution in [0.5, 0.6) is 0 Å². The molecule has 0 amide bonds. The van der Waals surface area contributed by atoms with Crippen molar-refractivity contribution in [1.82, 2.24) is 0 Å². The maximum absolute atomic E-state index is 9.37. The van der Waals surface area contributed by atoms with Gasteiger partial charge in [0.2, 0.25) is 0 Å². The molecule has 2 atom stereocenters. The summed E-state index contributed by atoms with van der Waals surface area (Å²) < 4.78 is 0. The minimum Gasteiger partial charge on any atom is -0.396 e. The summed E-state index contributed by atoms with van der Waals surface area (Å²) >= 11 is 0. The zero-order valence-corrected chi connectivity index (χ0v) is 6.92. The minimum atomic E-state index is 0.424. The fourth-order valence-electron chi connectivity index (χ4n) is 4.22. The first-order valence-corrected chi connectivity index (χ1v) is 4.93. The Morgan fingerprint density at radius 2 is 1.73 bits per heavy atom. The smallest absolute Gasteiger partial charge is 0.0490 e. The van der Waals surface area contributed by atoms with Gasteiger partial charge in [0.05, 0.1) is 0 Å². The number of hydrogen-bond acceptors (Lipinski definition) is 1. The quantitative estimate of drug-likeness (QED) is 0.607. The van der Waals surface area contributed by atoms with E-state index in [1.807, 2.05) is 0 Å². The molecule has 4 bridgehead atoms. The topological polar surface area (TPSA) is 20.2 Å². The molecule has 0 spiro atoms. The highest BCUT2D eigenvalue weighted by molar-refractivity contribution is 5.06. The van der Waals surface area contributed by atoms with Crippen molar-refractivity contribution in [1.29, 1.82) is 0 Å². The predicted octanol–water partition coefficient (Wildman–Crippen LogP) is 1.80. The monoisotopic (exact) mass is 152 g/mol. The Balaban J connectivity index is 1.98. The molecule has 62 valence electrons. The summed E-state index contributed by atoms with van der Waals surface area (Å²) in [6.07, 6.45) is 7.07. The van der Waals surface area contributed by atoms with E-state index < -0.39 is 0 Å². The molecule has 0 aromatic rings. The summed E-state index contributed by atoms with van der Waals surface area (Å²) in [7, 11) is 0. The lowest BCUT2D eigenvalue weighted by molar-refractivity contribution is 0.0905. The molecule has 0 aliphatic heterocycles. The van der Waals surface area contributed by atoms with Gasteiger partial charge in [-0.1, -0.05) is 0 Å². The third-order valence-electron chi connectivity index (χ3n) is 4.47. The van der Waals surface area contributed by atoms with Crippen LogP contribution in [-0.4, -0.2) is 11.7 Å². The minimum absolute atomic E-state index is 0.424. The van der Waals surface area contributed by atoms with E-state index in [0.717, 1.165) is 17.8 Å². The predicted molar refractivity (Wildman–Crippen MR) is 43.1 cm³/mol. The summed E-state index contributed by atoms with van der Waals surface area (Å²) in [5.74, 6) is 2.91. The Hall–Kier alpha value is -0.0400. The zero-order chi connectivity index (χ0) is 7.47. The molecule has 4 fully saturated rings. The number of rotatable bonds is 1. The van der Waals surface area contributed by atoms with E-state index in [0.29, 0.717) is 12.0 Å². The van der Waals surface area contributed by atoms with Crippen LogP contribution in [0.15, 0.2) is 0 Å². The first-order chi connectivity index (χ1) is 5.32. The Morgan fingerprint density at radius 3 is 2.18 bits per heavy atom. The molecule has 4 rings (SSSR count). The lowest BCUT2D eigenvalue weighted by Crippen LogP contribution is -2.26. The van der Waals surface area contributed by atoms with Crippen molar-refractivity contribution in [2.75, 3.05) is 6.61 Å². The summed E-state index contributed by atoms with van der Waals surface area (Å²) in [6.45, 7) is 0.477. The van der Waals surface area contributed by atoms with Gasteiger partial charge in [0.25, 0.3) is 0 Å². The van der Waals surface area contributed by atoms with Gasteiger partial charge in [-0.05, 0) is 55.3 Å². The normalized spacial score (nSPS) is 59.2. The van der Waals surface area contributed by atoms with Gasteiger partial charge in [0.1, 0.15) is 0 Å². The van der Waals surface area contributed by atoms with Crippen LogP contribution >= 0.6 is 0 Å². The van der Waals surface area contributed by atoms with Crippen molar-refractivity contribution in [3.05, 3.63) is 0 Å². The second kappa shape index (κ2) is 1.82. The Kier molecular flexibility index (Phi) is 1.07. The first kappa shape index (κ1) is 6.47. The van der Waals surface area contributed by atoms with Crippen LogP contribution in [0.3, 0.4) is 0 Å². The molecule has 1 N–H and O–H groups in total. The third-order valence-corrected chi connectivity index (χ3v) is 4.47. The number of aliphatic hydroxyl groups excluding tert-OH is 1. The summed E-state index contributed by atoms with van der Waals surface area (Å²) in [4.78, 5) is 0. The number of aliphatic hydroxyl groups is 1. The number of hydrogen-bond donors (Lipinski definition) is 1. The van der Waals surface area contributed by atoms with E-state index in [1.165, 1.54) is 32.1 Å². The van der Waals surface area contributed by atoms with Crippen LogP contribution in [0.25, 0.3) is 0 Å². The van der Waals surface area contributed by atoms with Gasteiger partial charge < -0.3 is 5.11 Å². The molecule has 0 aromatic heterocycles. The molecule has 1 heteroatoms. The molecule has 0 aromatic carbocycles. The molecule has 1 nitrogen and oxygen atoms in total. The van der Waals surface area contributed by atoms with Crippen LogP contribution in [0.2, 0.25) is 0 Å². The third kappa shape index (κ3) is 0.658. The summed E-state index contributed by atoms with van der Waals surface area (Å²) in [5, 5.41) is 9.37. The van der Waals surface area contributed by atoms with Crippen molar-refractivity contribution < 1.29 is 5.11 Å². The summed E-state index contributed by atoms with van der Waals surface area (Å²) in [5.41, 5.74) is 0.424. The Labute approximate surface area is 67.8 Å². The van der Waals surface area contributed by atoms with Crippen LogP contribution in [0.4, 0.5) is 0 Å². The average Bonchev–Trinajstić information content (AvgIpc) is 2.37. The molecule has 2 unspecified atom stereocenters. The van der Waals surface area contributed by atoms with Crippen LogP contribution in [0.1, 0.15) is 32.1 Å². The van der Waals surface area contributed by atoms with Crippen molar-refractivity contribution in [2.24, 2.45) is 23.2 Å². The Morgan fingerprint density at radius 1 is 1.09 bits per heavy atom. The van der Waals surface area contributed by atoms with Gasteiger partial charge in [-0.2, -0.15) is 0 Å². The zero-order valence-electron chi connectivity index (χ0n) is 6.92. The van der Waals surface area contributed by atoms with Crippen LogP contribution < -0.4 is 0 Å². The maximum atomic E-state index is 9.37. The average molecular weight is 152 g/mol. The van der Waals surface area contributed by atoms with Crippen LogP contribution in [0, 0.1) is 23.2 Å². The maximum Gasteiger partial charge on any atom is 0.0490 e. The lowest BCUT2D eigenvalue weighted by Gasteiger charge is -2.30. The molecular weight excluding hydrogens is 136 g/mol. The molecule has 4 saturated carbocycles. The Bertz CT molecular complexity index is 173. The van der Waals surface area contributed by atoms with Gasteiger partial charge in [-0.3, -0.25) is 0 Å². The van der Waals surface area contributed by atoms with Crippen molar-refractivity contribution in [2.45, 2.75) is 32.1 Å². The second-order valence-corrected chi connectivity index (χ2v) is 5.06. The van der Waals surface area contributed by atoms with Crippen LogP contribution in [-0.2, 0) is 0 Å². The SMILES string of the molecule is OCC12CC3CC(CC1C3)C2. The highest BCUT2D eigenvalue weighted by atomic mass is 16.3. The van der Waals surface area contributed by atoms with E-state index in [1.54, 1.807) is 0 Å². The van der Waals surface area contributed by atoms with Gasteiger partial charge in [-0.25, -0.2) is 0 Å². The molecule has 0 heterocycles. The standard InChI is InChI=1S/C10H16O/c11-6-10-4-7-1-8(5-10)3-9(10)2-7/h7-9,11H,1-6H2. The van der Waals surface area contributed by atoms with E-state index in [2.05, 4.69) is 0 Å². The summed E-state index contributed by atoms with van der Waals surface area (Å²) in [6, 6.07) is 0. The lowest BCUT2D eigenvalue weighted by atomic mass is 9.76. The van der Waals surface area contributed by atoms with Crippen molar-refractivity contribution in [3.63, 3.8) is 0 Å². The fraction of sp³-hybridized carbons (Fsp3) is 1.00. The highest BCUT2D eigenvalue weighted by Crippen LogP contribution is 2.64. The van der Waals surface area contributed by atoms with Crippen molar-refractivity contribution >= 4 is 0 Å². The van der Waals surface area contributed by atoms with Gasteiger partial charge >= 0.3 is 0 Å². The molecular formula is C10H16O. The molecule has 4 aliphatic rings. The van der Waals surface area contributed by atoms with E-state index in [-0.39, 0.29) is 0 Å². The largest absolute Gasteiger partial charge is 0.396 e. The van der Waals surface area contributed by atoms with Crippen molar-refractivity contribution in [3.8, 4) is 0 Å². The highest BCUT2D eigenvalue weighted by Gasteiger charge is 2.57. The molecule has 11 heavy (non-hydrogen) atoms. The van der Waals surface area contributed by atoms with Gasteiger partial charge in [-0.15, -0.1) is 0 Å². The fourth-order valence-corrected chi connectivity index (χ4v) is 4.22. The van der Waals surface area contributed by atoms with E-state index in [9.17, 15) is 5.11 Å². The first-order valence-electron chi connectivity index (χ1n) is 4.93. The van der Waals surface area contributed by atoms with E-state index >= 15 is 0 Å². The molecule has 0 saturated heterocycles. The van der Waals surface area contributed by atoms with Gasteiger partial charge in [0, 0.05) is 6.61 Å². The van der Waals surface area contributed by atoms with Gasteiger partial charge in [0.15, 0.2) is 0 Å².